The highest BCUT2D eigenvalue weighted by Gasteiger charge is 2.26. The molecule has 4 rings (SSSR count). The minimum Gasteiger partial charge on any atom is -0.337 e. The van der Waals surface area contributed by atoms with E-state index in [-0.39, 0.29) is 5.91 Å². The molecule has 0 radical (unpaired) electrons. The van der Waals surface area contributed by atoms with Crippen LogP contribution >= 0.6 is 11.6 Å². The summed E-state index contributed by atoms with van der Waals surface area (Å²) >= 11 is 6.18. The number of benzene rings is 1. The van der Waals surface area contributed by atoms with E-state index in [4.69, 9.17) is 11.6 Å². The van der Waals surface area contributed by atoms with Crippen molar-refractivity contribution in [3.8, 4) is 0 Å². The van der Waals surface area contributed by atoms with Crippen molar-refractivity contribution in [1.82, 2.24) is 35.3 Å². The van der Waals surface area contributed by atoms with E-state index in [1.807, 2.05) is 29.2 Å². The molecule has 2 saturated heterocycles. The van der Waals surface area contributed by atoms with E-state index in [9.17, 15) is 4.79 Å². The average Bonchev–Trinajstić information content (AvgIpc) is 3.18. The Bertz CT molecular complexity index is 899. The summed E-state index contributed by atoms with van der Waals surface area (Å²) in [6, 6.07) is 6.28. The molecular formula is C21H28ClN7O. The van der Waals surface area contributed by atoms with Crippen molar-refractivity contribution < 1.29 is 4.79 Å². The van der Waals surface area contributed by atoms with Crippen molar-refractivity contribution in [2.75, 3.05) is 39.3 Å². The predicted molar refractivity (Wildman–Crippen MR) is 116 cm³/mol. The fraction of sp³-hybridized carbons (Fsp3) is 0.524. The third-order valence-electron chi connectivity index (χ3n) is 5.83. The fourth-order valence-corrected chi connectivity index (χ4v) is 4.36. The molecule has 1 N–H and O–H groups in total. The summed E-state index contributed by atoms with van der Waals surface area (Å²) in [6.07, 6.45) is 5.92. The number of tetrazole rings is 1. The van der Waals surface area contributed by atoms with Gasteiger partial charge in [-0.2, -0.15) is 4.80 Å². The molecule has 9 heteroatoms. The number of piperidine rings is 1. The van der Waals surface area contributed by atoms with Gasteiger partial charge < -0.3 is 10.2 Å². The summed E-state index contributed by atoms with van der Waals surface area (Å²) < 4.78 is 0. The Morgan fingerprint density at radius 3 is 2.70 bits per heavy atom. The van der Waals surface area contributed by atoms with Gasteiger partial charge in [0.1, 0.15) is 0 Å². The normalized spacial score (nSPS) is 18.9. The van der Waals surface area contributed by atoms with Gasteiger partial charge in [-0.3, -0.25) is 9.69 Å². The van der Waals surface area contributed by atoms with Crippen LogP contribution in [0.2, 0.25) is 5.02 Å². The molecule has 2 aliphatic rings. The Morgan fingerprint density at radius 2 is 2.00 bits per heavy atom. The van der Waals surface area contributed by atoms with Crippen LogP contribution in [0.1, 0.15) is 29.8 Å². The molecule has 0 saturated carbocycles. The van der Waals surface area contributed by atoms with E-state index in [1.54, 1.807) is 13.0 Å². The van der Waals surface area contributed by atoms with E-state index in [0.717, 1.165) is 50.4 Å². The van der Waals surface area contributed by atoms with Gasteiger partial charge in [0, 0.05) is 43.3 Å². The Kier molecular flexibility index (Phi) is 6.76. The van der Waals surface area contributed by atoms with Gasteiger partial charge in [-0.1, -0.05) is 17.7 Å². The van der Waals surface area contributed by atoms with Crippen LogP contribution < -0.4 is 5.32 Å². The van der Waals surface area contributed by atoms with Gasteiger partial charge in [-0.05, 0) is 67.4 Å². The molecule has 3 heterocycles. The Hall–Kier alpha value is -2.29. The highest BCUT2D eigenvalue weighted by molar-refractivity contribution is 6.30. The fourth-order valence-electron chi connectivity index (χ4n) is 4.16. The van der Waals surface area contributed by atoms with Gasteiger partial charge >= 0.3 is 0 Å². The monoisotopic (exact) mass is 429 g/mol. The number of carbonyl (C=O) groups excluding carboxylic acids is 1. The van der Waals surface area contributed by atoms with E-state index in [1.165, 1.54) is 17.6 Å². The van der Waals surface area contributed by atoms with Crippen LogP contribution in [0.3, 0.4) is 0 Å². The number of amides is 1. The number of hydrogen-bond acceptors (Lipinski definition) is 6. The van der Waals surface area contributed by atoms with Crippen molar-refractivity contribution in [2.24, 2.45) is 0 Å². The molecule has 0 atom stereocenters. The van der Waals surface area contributed by atoms with E-state index >= 15 is 0 Å². The minimum atomic E-state index is 0.0515. The van der Waals surface area contributed by atoms with Gasteiger partial charge in [0.25, 0.3) is 0 Å². The lowest BCUT2D eigenvalue weighted by Gasteiger charge is -2.40. The van der Waals surface area contributed by atoms with E-state index in [0.29, 0.717) is 23.4 Å². The SMILES string of the molecule is Cc1nnn(Cc2cc(Cl)ccc2C=CC(=O)N2CCN(C3CCNCC3)CC2)n1. The molecule has 30 heavy (non-hydrogen) atoms. The first kappa shape index (κ1) is 21.0. The van der Waals surface area contributed by atoms with E-state index < -0.39 is 0 Å². The predicted octanol–water partition coefficient (Wildman–Crippen LogP) is 1.59. The lowest BCUT2D eigenvalue weighted by atomic mass is 10.0. The number of nitrogens with zero attached hydrogens (tertiary/aromatic N) is 6. The lowest BCUT2D eigenvalue weighted by molar-refractivity contribution is -0.128. The summed E-state index contributed by atoms with van der Waals surface area (Å²) in [5.74, 6) is 0.670. The van der Waals surface area contributed by atoms with Crippen LogP contribution in [0.5, 0.6) is 0 Å². The average molecular weight is 430 g/mol. The van der Waals surface area contributed by atoms with Gasteiger partial charge in [0.2, 0.25) is 5.91 Å². The first-order valence-electron chi connectivity index (χ1n) is 10.5. The van der Waals surface area contributed by atoms with Crippen molar-refractivity contribution in [2.45, 2.75) is 32.4 Å². The highest BCUT2D eigenvalue weighted by Crippen LogP contribution is 2.19. The maximum atomic E-state index is 12.7. The zero-order valence-corrected chi connectivity index (χ0v) is 18.1. The number of nitrogens with one attached hydrogen (secondary N) is 1. The molecule has 8 nitrogen and oxygen atoms in total. The van der Waals surface area contributed by atoms with Crippen molar-refractivity contribution in [3.63, 3.8) is 0 Å². The van der Waals surface area contributed by atoms with Gasteiger partial charge in [0.05, 0.1) is 6.54 Å². The summed E-state index contributed by atoms with van der Waals surface area (Å²) in [6.45, 7) is 7.91. The Labute approximate surface area is 181 Å². The van der Waals surface area contributed by atoms with E-state index in [2.05, 4.69) is 25.6 Å². The Balaban J connectivity index is 1.37. The molecule has 0 bridgehead atoms. The van der Waals surface area contributed by atoms with Crippen molar-refractivity contribution in [1.29, 1.82) is 0 Å². The van der Waals surface area contributed by atoms with Gasteiger partial charge in [0.15, 0.2) is 5.82 Å². The van der Waals surface area contributed by atoms with Crippen LogP contribution in [0.4, 0.5) is 0 Å². The first-order chi connectivity index (χ1) is 14.6. The molecule has 1 amide bonds. The number of halogens is 1. The zero-order valence-electron chi connectivity index (χ0n) is 17.3. The molecule has 0 aliphatic carbocycles. The molecule has 2 fully saturated rings. The molecule has 0 spiro atoms. The maximum Gasteiger partial charge on any atom is 0.246 e. The second-order valence-corrected chi connectivity index (χ2v) is 8.32. The second-order valence-electron chi connectivity index (χ2n) is 7.89. The zero-order chi connectivity index (χ0) is 20.9. The van der Waals surface area contributed by atoms with Gasteiger partial charge in [-0.15, -0.1) is 10.2 Å². The second kappa shape index (κ2) is 9.68. The molecule has 1 aromatic carbocycles. The van der Waals surface area contributed by atoms with Crippen molar-refractivity contribution in [3.05, 3.63) is 46.2 Å². The van der Waals surface area contributed by atoms with Crippen LogP contribution in [0.15, 0.2) is 24.3 Å². The molecule has 160 valence electrons. The van der Waals surface area contributed by atoms with Crippen molar-refractivity contribution >= 4 is 23.6 Å². The third kappa shape index (κ3) is 5.24. The largest absolute Gasteiger partial charge is 0.337 e. The standard InChI is InChI=1S/C21H28ClN7O/c1-16-24-26-29(25-16)15-18-14-19(22)4-2-17(18)3-5-21(30)28-12-10-27(11-13-28)20-6-8-23-9-7-20/h2-5,14,20,23H,6-13,15H2,1H3. The quantitative estimate of drug-likeness (QED) is 0.727. The Morgan fingerprint density at radius 1 is 1.23 bits per heavy atom. The first-order valence-corrected chi connectivity index (χ1v) is 10.9. The summed E-state index contributed by atoms with van der Waals surface area (Å²) in [7, 11) is 0. The number of carbonyl (C=O) groups is 1. The summed E-state index contributed by atoms with van der Waals surface area (Å²) in [5.41, 5.74) is 1.87. The van der Waals surface area contributed by atoms with Crippen LogP contribution in [0.25, 0.3) is 6.08 Å². The number of rotatable bonds is 5. The smallest absolute Gasteiger partial charge is 0.246 e. The maximum absolute atomic E-state index is 12.7. The van der Waals surface area contributed by atoms with Crippen LogP contribution in [-0.2, 0) is 11.3 Å². The highest BCUT2D eigenvalue weighted by atomic mass is 35.5. The molecule has 2 aliphatic heterocycles. The van der Waals surface area contributed by atoms with Crippen LogP contribution in [0, 0.1) is 6.92 Å². The number of aryl methyl sites for hydroxylation is 1. The van der Waals surface area contributed by atoms with Gasteiger partial charge in [-0.25, -0.2) is 0 Å². The van der Waals surface area contributed by atoms with Crippen LogP contribution in [-0.4, -0.2) is 81.2 Å². The number of piperazine rings is 1. The number of aromatic nitrogens is 4. The molecule has 2 aromatic rings. The number of hydrogen-bond donors (Lipinski definition) is 1. The minimum absolute atomic E-state index is 0.0515. The summed E-state index contributed by atoms with van der Waals surface area (Å²) in [5, 5.41) is 16.2. The third-order valence-corrected chi connectivity index (χ3v) is 6.06. The summed E-state index contributed by atoms with van der Waals surface area (Å²) in [4.78, 5) is 18.7. The topological polar surface area (TPSA) is 79.2 Å². The molecular weight excluding hydrogens is 402 g/mol. The molecule has 0 unspecified atom stereocenters. The lowest BCUT2D eigenvalue weighted by Crippen LogP contribution is -2.53. The molecule has 1 aromatic heterocycles.